The minimum absolute atomic E-state index is 0.0239. The monoisotopic (exact) mass is 300 g/mol. The van der Waals surface area contributed by atoms with Gasteiger partial charge in [0.05, 0.1) is 27.9 Å². The predicted molar refractivity (Wildman–Crippen MR) is 87.4 cm³/mol. The van der Waals surface area contributed by atoms with Gasteiger partial charge in [-0.3, -0.25) is 0 Å². The van der Waals surface area contributed by atoms with Crippen molar-refractivity contribution >= 4 is 12.2 Å². The van der Waals surface area contributed by atoms with Crippen molar-refractivity contribution in [3.63, 3.8) is 0 Å². The van der Waals surface area contributed by atoms with Crippen molar-refractivity contribution in [2.75, 3.05) is 21.3 Å². The first-order chi connectivity index (χ1) is 10.7. The Bertz CT molecular complexity index is 640. The van der Waals surface area contributed by atoms with Crippen LogP contribution >= 0.6 is 0 Å². The average Bonchev–Trinajstić information content (AvgIpc) is 2.59. The molecular weight excluding hydrogens is 280 g/mol. The van der Waals surface area contributed by atoms with Gasteiger partial charge in [0, 0.05) is 11.6 Å². The van der Waals surface area contributed by atoms with Gasteiger partial charge in [-0.2, -0.15) is 0 Å². The molecule has 0 spiro atoms. The Morgan fingerprint density at radius 3 is 2.27 bits per heavy atom. The first-order valence-electron chi connectivity index (χ1n) is 6.89. The van der Waals surface area contributed by atoms with E-state index in [9.17, 15) is 5.11 Å². The van der Waals surface area contributed by atoms with Crippen LogP contribution in [0.25, 0.3) is 12.2 Å². The second-order valence-electron chi connectivity index (χ2n) is 4.71. The Labute approximate surface area is 130 Å². The molecule has 2 rings (SSSR count). The first kappa shape index (κ1) is 15.9. The highest BCUT2D eigenvalue weighted by atomic mass is 16.5. The highest BCUT2D eigenvalue weighted by molar-refractivity contribution is 5.73. The second-order valence-corrected chi connectivity index (χ2v) is 4.71. The second kappa shape index (κ2) is 7.52. The fourth-order valence-electron chi connectivity index (χ4n) is 2.13. The fraction of sp³-hybridized carbons (Fsp3) is 0.222. The van der Waals surface area contributed by atoms with Crippen LogP contribution in [0.15, 0.2) is 36.4 Å². The van der Waals surface area contributed by atoms with Gasteiger partial charge < -0.3 is 19.3 Å². The van der Waals surface area contributed by atoms with Crippen molar-refractivity contribution in [2.45, 2.75) is 6.61 Å². The largest absolute Gasteiger partial charge is 0.497 e. The molecule has 116 valence electrons. The molecule has 0 radical (unpaired) electrons. The van der Waals surface area contributed by atoms with E-state index in [1.54, 1.807) is 21.3 Å². The molecule has 0 fully saturated rings. The Morgan fingerprint density at radius 1 is 0.864 bits per heavy atom. The van der Waals surface area contributed by atoms with Gasteiger partial charge in [-0.15, -0.1) is 0 Å². The topological polar surface area (TPSA) is 47.9 Å². The van der Waals surface area contributed by atoms with Crippen LogP contribution in [0.3, 0.4) is 0 Å². The van der Waals surface area contributed by atoms with Crippen LogP contribution in [0.5, 0.6) is 17.2 Å². The molecule has 0 aliphatic rings. The van der Waals surface area contributed by atoms with Crippen molar-refractivity contribution in [3.05, 3.63) is 53.1 Å². The van der Waals surface area contributed by atoms with Crippen LogP contribution in [-0.2, 0) is 6.61 Å². The van der Waals surface area contributed by atoms with E-state index >= 15 is 0 Å². The summed E-state index contributed by atoms with van der Waals surface area (Å²) in [6.45, 7) is -0.0239. The van der Waals surface area contributed by atoms with E-state index in [1.165, 1.54) is 0 Å². The van der Waals surface area contributed by atoms with Crippen molar-refractivity contribution < 1.29 is 19.3 Å². The van der Waals surface area contributed by atoms with Crippen LogP contribution < -0.4 is 14.2 Å². The zero-order valence-electron chi connectivity index (χ0n) is 13.0. The Hall–Kier alpha value is -2.46. The molecule has 2 aromatic rings. The summed E-state index contributed by atoms with van der Waals surface area (Å²) in [4.78, 5) is 0. The highest BCUT2D eigenvalue weighted by Gasteiger charge is 2.03. The quantitative estimate of drug-likeness (QED) is 0.831. The number of benzene rings is 2. The molecule has 4 heteroatoms. The Kier molecular flexibility index (Phi) is 5.44. The maximum Gasteiger partial charge on any atom is 0.129 e. The molecule has 1 N–H and O–H groups in total. The molecule has 0 aliphatic carbocycles. The third kappa shape index (κ3) is 3.80. The van der Waals surface area contributed by atoms with Crippen LogP contribution in [0.4, 0.5) is 0 Å². The molecule has 0 bridgehead atoms. The third-order valence-corrected chi connectivity index (χ3v) is 3.30. The van der Waals surface area contributed by atoms with Gasteiger partial charge in [0.1, 0.15) is 17.2 Å². The van der Waals surface area contributed by atoms with E-state index in [0.717, 1.165) is 28.2 Å². The number of rotatable bonds is 6. The normalized spacial score (nSPS) is 10.7. The number of aliphatic hydroxyl groups is 1. The summed E-state index contributed by atoms with van der Waals surface area (Å²) in [6.07, 6.45) is 3.90. The summed E-state index contributed by atoms with van der Waals surface area (Å²) < 4.78 is 15.8. The summed E-state index contributed by atoms with van der Waals surface area (Å²) >= 11 is 0. The zero-order chi connectivity index (χ0) is 15.9. The van der Waals surface area contributed by atoms with E-state index in [-0.39, 0.29) is 6.61 Å². The van der Waals surface area contributed by atoms with Crippen molar-refractivity contribution in [2.24, 2.45) is 0 Å². The maximum absolute atomic E-state index is 9.29. The van der Waals surface area contributed by atoms with Crippen LogP contribution in [0.2, 0.25) is 0 Å². The molecule has 22 heavy (non-hydrogen) atoms. The predicted octanol–water partition coefficient (Wildman–Crippen LogP) is 3.38. The van der Waals surface area contributed by atoms with Gasteiger partial charge in [-0.05, 0) is 41.5 Å². The van der Waals surface area contributed by atoms with E-state index in [4.69, 9.17) is 14.2 Å². The molecule has 0 saturated heterocycles. The lowest BCUT2D eigenvalue weighted by Crippen LogP contribution is -1.90. The third-order valence-electron chi connectivity index (χ3n) is 3.30. The molecule has 0 amide bonds. The molecular formula is C18H20O4. The van der Waals surface area contributed by atoms with Crippen LogP contribution in [-0.4, -0.2) is 26.4 Å². The average molecular weight is 300 g/mol. The maximum atomic E-state index is 9.29. The lowest BCUT2D eigenvalue weighted by Gasteiger charge is -2.08. The minimum Gasteiger partial charge on any atom is -0.497 e. The number of aliphatic hydroxyl groups excluding tert-OH is 1. The lowest BCUT2D eigenvalue weighted by atomic mass is 10.1. The molecule has 4 nitrogen and oxygen atoms in total. The summed E-state index contributed by atoms with van der Waals surface area (Å²) in [6, 6.07) is 11.3. The molecule has 0 heterocycles. The number of methoxy groups -OCH3 is 3. The van der Waals surface area contributed by atoms with E-state index in [1.807, 2.05) is 48.6 Å². The van der Waals surface area contributed by atoms with Crippen LogP contribution in [0.1, 0.15) is 16.7 Å². The molecule has 0 unspecified atom stereocenters. The molecule has 0 aromatic heterocycles. The van der Waals surface area contributed by atoms with Gasteiger partial charge >= 0.3 is 0 Å². The zero-order valence-corrected chi connectivity index (χ0v) is 13.0. The van der Waals surface area contributed by atoms with Crippen molar-refractivity contribution in [3.8, 4) is 17.2 Å². The highest BCUT2D eigenvalue weighted by Crippen LogP contribution is 2.27. The Morgan fingerprint density at radius 2 is 1.64 bits per heavy atom. The number of hydrogen-bond acceptors (Lipinski definition) is 4. The molecule has 2 aromatic carbocycles. The van der Waals surface area contributed by atoms with Gasteiger partial charge in [0.25, 0.3) is 0 Å². The van der Waals surface area contributed by atoms with Crippen molar-refractivity contribution in [1.29, 1.82) is 0 Å². The van der Waals surface area contributed by atoms with Gasteiger partial charge in [-0.25, -0.2) is 0 Å². The number of hydrogen-bond donors (Lipinski definition) is 1. The summed E-state index contributed by atoms with van der Waals surface area (Å²) in [7, 11) is 4.86. The molecule has 0 atom stereocenters. The Balaban J connectivity index is 2.32. The fourth-order valence-corrected chi connectivity index (χ4v) is 2.13. The van der Waals surface area contributed by atoms with E-state index in [2.05, 4.69) is 0 Å². The van der Waals surface area contributed by atoms with E-state index in [0.29, 0.717) is 5.75 Å². The van der Waals surface area contributed by atoms with Gasteiger partial charge in [-0.1, -0.05) is 12.2 Å². The lowest BCUT2D eigenvalue weighted by molar-refractivity contribution is 0.281. The smallest absolute Gasteiger partial charge is 0.129 e. The minimum atomic E-state index is -0.0239. The summed E-state index contributed by atoms with van der Waals surface area (Å²) in [5.74, 6) is 2.20. The molecule has 0 aliphatic heterocycles. The first-order valence-corrected chi connectivity index (χ1v) is 6.89. The van der Waals surface area contributed by atoms with Gasteiger partial charge in [0.2, 0.25) is 0 Å². The standard InChI is InChI=1S/C18H20O4/c1-20-16-7-6-15(18(11-16)22-3)5-4-13-8-14(12-19)10-17(9-13)21-2/h4-11,19H,12H2,1-3H3. The van der Waals surface area contributed by atoms with Crippen molar-refractivity contribution in [1.82, 2.24) is 0 Å². The summed E-state index contributed by atoms with van der Waals surface area (Å²) in [5.41, 5.74) is 2.69. The van der Waals surface area contributed by atoms with Crippen LogP contribution in [0, 0.1) is 0 Å². The SMILES string of the molecule is COc1cc(C=Cc2ccc(OC)cc2OC)cc(CO)c1. The number of ether oxygens (including phenoxy) is 3. The summed E-state index contributed by atoms with van der Waals surface area (Å²) in [5, 5.41) is 9.29. The molecule has 0 saturated carbocycles. The van der Waals surface area contributed by atoms with Gasteiger partial charge in [0.15, 0.2) is 0 Å². The van der Waals surface area contributed by atoms with E-state index < -0.39 is 0 Å².